The second-order valence-corrected chi connectivity index (χ2v) is 9.19. The molecule has 2 aromatic carbocycles. The predicted octanol–water partition coefficient (Wildman–Crippen LogP) is 5.61. The van der Waals surface area contributed by atoms with Crippen molar-refractivity contribution in [3.8, 4) is 5.69 Å². The van der Waals surface area contributed by atoms with E-state index in [1.165, 1.54) is 12.1 Å². The van der Waals surface area contributed by atoms with E-state index in [0.717, 1.165) is 33.4 Å². The molecule has 0 N–H and O–H groups in total. The van der Waals surface area contributed by atoms with Gasteiger partial charge in [-0.25, -0.2) is 14.5 Å². The first-order valence-electron chi connectivity index (χ1n) is 11.9. The van der Waals surface area contributed by atoms with E-state index in [9.17, 15) is 14.9 Å². The van der Waals surface area contributed by atoms with E-state index in [4.69, 9.17) is 9.72 Å². The average Bonchev–Trinajstić information content (AvgIpc) is 3.24. The molecular formula is C29H22N4O4. The number of fused-ring (bicyclic) bond motifs is 2. The third kappa shape index (κ3) is 3.83. The molecule has 1 aliphatic carbocycles. The highest BCUT2D eigenvalue weighted by atomic mass is 16.6. The molecular weight excluding hydrogens is 468 g/mol. The quantitative estimate of drug-likeness (QED) is 0.210. The second-order valence-electron chi connectivity index (χ2n) is 9.19. The monoisotopic (exact) mass is 490 g/mol. The number of carbonyl (C=O) groups is 1. The van der Waals surface area contributed by atoms with Crippen LogP contribution in [0.4, 0.5) is 5.69 Å². The Hall–Kier alpha value is -4.85. The SMILES string of the molecule is CC1=CC2C(c3cnc4c(c3)c(C)nn4-c3cccc([N+](=O)[O-])c3)=C(c3ccccc3)C(=O)OC2C=C1. The Morgan fingerprint density at radius 3 is 2.62 bits per heavy atom. The number of ether oxygens (including phenoxy) is 1. The highest BCUT2D eigenvalue weighted by molar-refractivity contribution is 6.26. The molecule has 2 aromatic heterocycles. The number of hydrogen-bond donors (Lipinski definition) is 0. The number of benzene rings is 2. The van der Waals surface area contributed by atoms with Crippen LogP contribution < -0.4 is 0 Å². The van der Waals surface area contributed by atoms with E-state index in [2.05, 4.69) is 11.2 Å². The lowest BCUT2D eigenvalue weighted by Crippen LogP contribution is -2.33. The molecule has 0 radical (unpaired) electrons. The van der Waals surface area contributed by atoms with Crippen molar-refractivity contribution in [2.24, 2.45) is 5.92 Å². The van der Waals surface area contributed by atoms with Crippen LogP contribution in [0.3, 0.4) is 0 Å². The molecule has 2 unspecified atom stereocenters. The molecule has 1 aliphatic heterocycles. The van der Waals surface area contributed by atoms with Gasteiger partial charge in [-0.2, -0.15) is 5.10 Å². The van der Waals surface area contributed by atoms with Gasteiger partial charge in [-0.15, -0.1) is 0 Å². The van der Waals surface area contributed by atoms with Crippen LogP contribution in [0.15, 0.2) is 90.7 Å². The summed E-state index contributed by atoms with van der Waals surface area (Å²) in [5, 5.41) is 16.7. The van der Waals surface area contributed by atoms with Crippen molar-refractivity contribution < 1.29 is 14.5 Å². The third-order valence-electron chi connectivity index (χ3n) is 6.76. The fraction of sp³-hybridized carbons (Fsp3) is 0.138. The van der Waals surface area contributed by atoms with E-state index >= 15 is 0 Å². The number of aromatic nitrogens is 3. The molecule has 2 aliphatic rings. The van der Waals surface area contributed by atoms with Gasteiger partial charge in [0.2, 0.25) is 0 Å². The van der Waals surface area contributed by atoms with Gasteiger partial charge in [-0.3, -0.25) is 10.1 Å². The summed E-state index contributed by atoms with van der Waals surface area (Å²) < 4.78 is 7.45. The molecule has 0 saturated heterocycles. The number of rotatable bonds is 4. The Balaban J connectivity index is 1.56. The van der Waals surface area contributed by atoms with E-state index in [-0.39, 0.29) is 17.6 Å². The van der Waals surface area contributed by atoms with Gasteiger partial charge >= 0.3 is 5.97 Å². The van der Waals surface area contributed by atoms with Crippen LogP contribution in [-0.4, -0.2) is 31.8 Å². The van der Waals surface area contributed by atoms with Gasteiger partial charge < -0.3 is 4.74 Å². The maximum atomic E-state index is 13.3. The van der Waals surface area contributed by atoms with E-state index in [1.54, 1.807) is 23.0 Å². The van der Waals surface area contributed by atoms with Crippen LogP contribution >= 0.6 is 0 Å². The van der Waals surface area contributed by atoms with Crippen LogP contribution in [0.2, 0.25) is 0 Å². The number of hydrogen-bond acceptors (Lipinski definition) is 6. The number of non-ortho nitro benzene ring substituents is 1. The normalized spacial score (nSPS) is 19.0. The molecule has 37 heavy (non-hydrogen) atoms. The zero-order valence-electron chi connectivity index (χ0n) is 20.2. The van der Waals surface area contributed by atoms with Crippen molar-refractivity contribution in [1.29, 1.82) is 0 Å². The Bertz CT molecular complexity index is 1680. The zero-order valence-corrected chi connectivity index (χ0v) is 20.2. The summed E-state index contributed by atoms with van der Waals surface area (Å²) in [7, 11) is 0. The number of aryl methyl sites for hydroxylation is 1. The highest BCUT2D eigenvalue weighted by Crippen LogP contribution is 2.43. The molecule has 8 nitrogen and oxygen atoms in total. The molecule has 8 heteroatoms. The Morgan fingerprint density at radius 2 is 1.84 bits per heavy atom. The van der Waals surface area contributed by atoms with Crippen LogP contribution in [0.25, 0.3) is 27.9 Å². The van der Waals surface area contributed by atoms with Gasteiger partial charge in [0.15, 0.2) is 5.65 Å². The number of nitrogens with zero attached hydrogens (tertiary/aromatic N) is 4. The Morgan fingerprint density at radius 1 is 1.03 bits per heavy atom. The molecule has 0 bridgehead atoms. The first-order valence-corrected chi connectivity index (χ1v) is 11.9. The lowest BCUT2D eigenvalue weighted by atomic mass is 9.78. The fourth-order valence-electron chi connectivity index (χ4n) is 5.04. The number of nitro benzene ring substituents is 1. The van der Waals surface area contributed by atoms with Crippen LogP contribution in [0, 0.1) is 23.0 Å². The molecule has 182 valence electrons. The number of carbonyl (C=O) groups excluding carboxylic acids is 1. The standard InChI is InChI=1S/C29H22N4O4/c1-17-11-12-25-24(13-17)26(27(29(34)37-25)19-7-4-3-5-8-19)20-14-23-18(2)31-32(28(23)30-16-20)21-9-6-10-22(15-21)33(35)36/h3-16,24-25H,1-2H3. The number of esters is 1. The Labute approximate surface area is 212 Å². The minimum atomic E-state index is -0.433. The fourth-order valence-corrected chi connectivity index (χ4v) is 5.04. The summed E-state index contributed by atoms with van der Waals surface area (Å²) in [6, 6.07) is 17.8. The van der Waals surface area contributed by atoms with Crippen molar-refractivity contribution >= 4 is 33.8 Å². The first kappa shape index (κ1) is 22.6. The minimum Gasteiger partial charge on any atom is -0.454 e. The van der Waals surface area contributed by atoms with Crippen molar-refractivity contribution in [2.75, 3.05) is 0 Å². The zero-order chi connectivity index (χ0) is 25.7. The van der Waals surface area contributed by atoms with Gasteiger partial charge in [0.25, 0.3) is 5.69 Å². The van der Waals surface area contributed by atoms with Crippen LogP contribution in [0.5, 0.6) is 0 Å². The molecule has 0 spiro atoms. The first-order chi connectivity index (χ1) is 17.9. The average molecular weight is 491 g/mol. The molecule has 0 fully saturated rings. The maximum absolute atomic E-state index is 13.3. The molecule has 3 heterocycles. The Kier molecular flexibility index (Phi) is 5.30. The summed E-state index contributed by atoms with van der Waals surface area (Å²) in [5.41, 5.74) is 5.88. The van der Waals surface area contributed by atoms with Crippen LogP contribution in [-0.2, 0) is 9.53 Å². The van der Waals surface area contributed by atoms with Crippen LogP contribution in [0.1, 0.15) is 23.7 Å². The predicted molar refractivity (Wildman–Crippen MR) is 140 cm³/mol. The summed E-state index contributed by atoms with van der Waals surface area (Å²) in [6.45, 7) is 3.90. The maximum Gasteiger partial charge on any atom is 0.339 e. The van der Waals surface area contributed by atoms with E-state index in [0.29, 0.717) is 16.9 Å². The largest absolute Gasteiger partial charge is 0.454 e. The molecule has 0 amide bonds. The van der Waals surface area contributed by atoms with Crippen molar-refractivity contribution in [2.45, 2.75) is 20.0 Å². The number of pyridine rings is 1. The van der Waals surface area contributed by atoms with Gasteiger partial charge in [0.05, 0.1) is 21.9 Å². The lowest BCUT2D eigenvalue weighted by Gasteiger charge is -2.34. The second kappa shape index (κ2) is 8.67. The summed E-state index contributed by atoms with van der Waals surface area (Å²) in [4.78, 5) is 28.9. The van der Waals surface area contributed by atoms with Gasteiger partial charge in [-0.1, -0.05) is 54.1 Å². The highest BCUT2D eigenvalue weighted by Gasteiger charge is 2.38. The molecule has 0 saturated carbocycles. The van der Waals surface area contributed by atoms with Crippen molar-refractivity contribution in [1.82, 2.24) is 14.8 Å². The molecule has 6 rings (SSSR count). The molecule has 4 aromatic rings. The number of allylic oxidation sites excluding steroid dienone is 2. The minimum absolute atomic E-state index is 0.0210. The number of nitro groups is 1. The van der Waals surface area contributed by atoms with Gasteiger partial charge in [0.1, 0.15) is 6.10 Å². The van der Waals surface area contributed by atoms with Crippen molar-refractivity contribution in [3.05, 3.63) is 118 Å². The summed E-state index contributed by atoms with van der Waals surface area (Å²) >= 11 is 0. The van der Waals surface area contributed by atoms with Gasteiger partial charge in [0, 0.05) is 29.6 Å². The summed E-state index contributed by atoms with van der Waals surface area (Å²) in [6.07, 6.45) is 7.36. The van der Waals surface area contributed by atoms with E-state index in [1.807, 2.05) is 62.4 Å². The molecule has 2 atom stereocenters. The third-order valence-corrected chi connectivity index (χ3v) is 6.76. The topological polar surface area (TPSA) is 100 Å². The smallest absolute Gasteiger partial charge is 0.339 e. The van der Waals surface area contributed by atoms with E-state index < -0.39 is 11.0 Å². The van der Waals surface area contributed by atoms with Crippen molar-refractivity contribution in [3.63, 3.8) is 0 Å². The van der Waals surface area contributed by atoms with Gasteiger partial charge in [-0.05, 0) is 48.8 Å². The summed E-state index contributed by atoms with van der Waals surface area (Å²) in [5.74, 6) is -0.534. The lowest BCUT2D eigenvalue weighted by molar-refractivity contribution is -0.384.